The summed E-state index contributed by atoms with van der Waals surface area (Å²) in [6.07, 6.45) is -4.68. The molecule has 1 aromatic rings. The molecule has 4 aliphatic rings. The Kier molecular flexibility index (Phi) is 8.10. The Morgan fingerprint density at radius 3 is 2.48 bits per heavy atom. The lowest BCUT2D eigenvalue weighted by molar-refractivity contribution is -0.181. The number of benzene rings is 1. The number of methoxy groups -OCH3 is 1. The number of rotatable bonds is 11. The molecule has 4 N–H and O–H groups in total. The van der Waals surface area contributed by atoms with Gasteiger partial charge in [0.05, 0.1) is 31.0 Å². The van der Waals surface area contributed by atoms with Gasteiger partial charge < -0.3 is 44.1 Å². The van der Waals surface area contributed by atoms with Crippen LogP contribution in [0.25, 0.3) is 0 Å². The number of carboxylic acid groups (broad SMARTS) is 2. The minimum atomic E-state index is -2.06. The van der Waals surface area contributed by atoms with Crippen molar-refractivity contribution in [3.63, 3.8) is 0 Å². The van der Waals surface area contributed by atoms with E-state index in [9.17, 15) is 34.2 Å². The van der Waals surface area contributed by atoms with Gasteiger partial charge in [0, 0.05) is 5.56 Å². The molecular formula is C30H34O14. The van der Waals surface area contributed by atoms with E-state index in [2.05, 4.69) is 11.7 Å². The zero-order chi connectivity index (χ0) is 32.1. The van der Waals surface area contributed by atoms with Crippen LogP contribution in [0.15, 0.2) is 24.0 Å². The molecule has 1 fully saturated rings. The highest BCUT2D eigenvalue weighted by Gasteiger charge is 2.72. The number of aliphatic hydroxyl groups excluding tert-OH is 1. The van der Waals surface area contributed by atoms with E-state index in [1.807, 2.05) is 12.1 Å². The summed E-state index contributed by atoms with van der Waals surface area (Å²) >= 11 is 0. The molecule has 5 rings (SSSR count). The highest BCUT2D eigenvalue weighted by atomic mass is 16.6. The number of carbonyl (C=O) groups excluding carboxylic acids is 3. The minimum absolute atomic E-state index is 0.0529. The van der Waals surface area contributed by atoms with Gasteiger partial charge in [-0.3, -0.25) is 9.59 Å². The molecule has 1 heterocycles. The maximum Gasteiger partial charge on any atom is 0.348 e. The van der Waals surface area contributed by atoms with Gasteiger partial charge in [-0.1, -0.05) is 13.0 Å². The average molecular weight is 619 g/mol. The van der Waals surface area contributed by atoms with Crippen LogP contribution < -0.4 is 9.47 Å². The zero-order valence-electron chi connectivity index (χ0n) is 24.3. The lowest BCUT2D eigenvalue weighted by Crippen LogP contribution is -2.69. The van der Waals surface area contributed by atoms with Gasteiger partial charge in [-0.25, -0.2) is 14.4 Å². The Bertz CT molecular complexity index is 1430. The maximum atomic E-state index is 12.9. The van der Waals surface area contributed by atoms with Crippen LogP contribution in [-0.2, 0) is 50.0 Å². The van der Waals surface area contributed by atoms with Crippen molar-refractivity contribution in [2.75, 3.05) is 7.11 Å². The van der Waals surface area contributed by atoms with Gasteiger partial charge in [0.25, 0.3) is 0 Å². The first kappa shape index (κ1) is 31.3. The second kappa shape index (κ2) is 11.4. The van der Waals surface area contributed by atoms with Gasteiger partial charge >= 0.3 is 29.8 Å². The largest absolute Gasteiger partial charge is 0.493 e. The van der Waals surface area contributed by atoms with Crippen LogP contribution in [0.3, 0.4) is 0 Å². The Balaban J connectivity index is 1.27. The topological polar surface area (TPSA) is 212 Å². The Hall–Kier alpha value is -4.17. The molecule has 0 radical (unpaired) electrons. The third kappa shape index (κ3) is 4.95. The lowest BCUT2D eigenvalue weighted by atomic mass is 9.45. The first-order valence-electron chi connectivity index (χ1n) is 14.3. The number of aliphatic carboxylic acids is 2. The second-order valence-corrected chi connectivity index (χ2v) is 11.8. The molecule has 0 amide bonds. The fourth-order valence-electron chi connectivity index (χ4n) is 7.25. The van der Waals surface area contributed by atoms with Crippen LogP contribution >= 0.6 is 0 Å². The Labute approximate surface area is 251 Å². The van der Waals surface area contributed by atoms with E-state index in [1.165, 1.54) is 7.11 Å². The summed E-state index contributed by atoms with van der Waals surface area (Å²) in [5.74, 6) is -5.70. The third-order valence-corrected chi connectivity index (χ3v) is 9.32. The fraction of sp³-hybridized carbons (Fsp3) is 0.567. The van der Waals surface area contributed by atoms with Crippen LogP contribution in [-0.4, -0.2) is 87.4 Å². The molecule has 1 spiro atoms. The quantitative estimate of drug-likeness (QED) is 0.201. The van der Waals surface area contributed by atoms with Crippen LogP contribution in [0.5, 0.6) is 11.5 Å². The van der Waals surface area contributed by atoms with Crippen molar-refractivity contribution in [2.24, 2.45) is 11.8 Å². The number of aliphatic hydroxyl groups is 2. The van der Waals surface area contributed by atoms with Gasteiger partial charge in [-0.15, -0.1) is 0 Å². The number of ether oxygens (including phenoxy) is 5. The van der Waals surface area contributed by atoms with E-state index in [0.717, 1.165) is 24.5 Å². The Morgan fingerprint density at radius 2 is 1.82 bits per heavy atom. The molecule has 0 aromatic heterocycles. The van der Waals surface area contributed by atoms with Crippen molar-refractivity contribution in [3.05, 3.63) is 35.1 Å². The van der Waals surface area contributed by atoms with Gasteiger partial charge in [-0.2, -0.15) is 0 Å². The van der Waals surface area contributed by atoms with E-state index in [1.54, 1.807) is 6.08 Å². The number of carbonyl (C=O) groups is 5. The van der Waals surface area contributed by atoms with Crippen LogP contribution in [0, 0.1) is 11.8 Å². The molecule has 238 valence electrons. The van der Waals surface area contributed by atoms with Crippen LogP contribution in [0.4, 0.5) is 0 Å². The summed E-state index contributed by atoms with van der Waals surface area (Å²) in [6.45, 7) is 3.15. The molecule has 44 heavy (non-hydrogen) atoms. The van der Waals surface area contributed by atoms with Crippen molar-refractivity contribution in [3.8, 4) is 11.5 Å². The van der Waals surface area contributed by atoms with Gasteiger partial charge in [0.15, 0.2) is 29.8 Å². The minimum Gasteiger partial charge on any atom is -0.493 e. The number of hydrogen-bond donors (Lipinski definition) is 4. The first-order valence-corrected chi connectivity index (χ1v) is 14.3. The molecule has 8 atom stereocenters. The predicted octanol–water partition coefficient (Wildman–Crippen LogP) is 1.01. The summed E-state index contributed by atoms with van der Waals surface area (Å²) in [5.41, 5.74) is -0.158. The molecule has 1 saturated carbocycles. The standard InChI is InChI=1S/C30H34O14/c1-13-6-8-29-23-15-4-5-18(40-3)24(23)44-25(29)19(7-9-30(29,39)16(13)10-15)42-22(34)11-17(31)28(38)41-14(2)27(37)43-20(26(35)36)12-21(32)33/h4-5,7,13-14,16-17,20,25,31,39H,6,8-12H2,1-3H3,(H,32,33)(H,35,36)/t13?,14-,16-,17-,20-,25-,29-,30+/m0/s1. The van der Waals surface area contributed by atoms with E-state index in [-0.39, 0.29) is 24.0 Å². The summed E-state index contributed by atoms with van der Waals surface area (Å²) < 4.78 is 27.0. The average Bonchev–Trinajstić information content (AvgIpc) is 3.31. The van der Waals surface area contributed by atoms with Crippen molar-refractivity contribution in [2.45, 2.75) is 87.8 Å². The highest BCUT2D eigenvalue weighted by Crippen LogP contribution is 2.68. The summed E-state index contributed by atoms with van der Waals surface area (Å²) in [6, 6.07) is 3.79. The van der Waals surface area contributed by atoms with Gasteiger partial charge in [-0.05, 0) is 62.1 Å². The van der Waals surface area contributed by atoms with E-state index in [0.29, 0.717) is 24.3 Å². The van der Waals surface area contributed by atoms with Gasteiger partial charge in [0.2, 0.25) is 6.10 Å². The molecule has 14 nitrogen and oxygen atoms in total. The van der Waals surface area contributed by atoms with Gasteiger partial charge in [0.1, 0.15) is 5.76 Å². The number of hydrogen-bond acceptors (Lipinski definition) is 12. The molecule has 1 aliphatic heterocycles. The fourth-order valence-corrected chi connectivity index (χ4v) is 7.25. The smallest absolute Gasteiger partial charge is 0.348 e. The van der Waals surface area contributed by atoms with Crippen molar-refractivity contribution < 1.29 is 68.1 Å². The molecule has 2 bridgehead atoms. The highest BCUT2D eigenvalue weighted by molar-refractivity contribution is 5.87. The van der Waals surface area contributed by atoms with E-state index >= 15 is 0 Å². The SMILES string of the molecule is COc1ccc2c3c1O[C@H]1C(OC(=O)C[C@H](O)C(=O)O[C@@H](C)C(=O)O[C@@H](CC(=O)O)C(=O)O)=CC[C@@]4(O)[C@@H](C2)C(C)CC[C@]314. The summed E-state index contributed by atoms with van der Waals surface area (Å²) in [5, 5.41) is 40.4. The second-order valence-electron chi connectivity index (χ2n) is 11.8. The monoisotopic (exact) mass is 618 g/mol. The molecule has 3 aliphatic carbocycles. The summed E-state index contributed by atoms with van der Waals surface area (Å²) in [4.78, 5) is 59.4. The lowest BCUT2D eigenvalue weighted by Gasteiger charge is -2.61. The van der Waals surface area contributed by atoms with Crippen molar-refractivity contribution in [1.29, 1.82) is 0 Å². The third-order valence-electron chi connectivity index (χ3n) is 9.32. The Morgan fingerprint density at radius 1 is 1.09 bits per heavy atom. The summed E-state index contributed by atoms with van der Waals surface area (Å²) in [7, 11) is 1.51. The molecule has 1 aromatic carbocycles. The number of esters is 3. The first-order chi connectivity index (χ1) is 20.7. The van der Waals surface area contributed by atoms with E-state index in [4.69, 9.17) is 29.2 Å². The van der Waals surface area contributed by atoms with Crippen molar-refractivity contribution in [1.82, 2.24) is 0 Å². The maximum absolute atomic E-state index is 12.9. The molecule has 1 unspecified atom stereocenters. The molecule has 14 heteroatoms. The predicted molar refractivity (Wildman–Crippen MR) is 144 cm³/mol. The van der Waals surface area contributed by atoms with Crippen molar-refractivity contribution >= 4 is 29.8 Å². The van der Waals surface area contributed by atoms with Crippen LogP contribution in [0.2, 0.25) is 0 Å². The molecule has 0 saturated heterocycles. The molecular weight excluding hydrogens is 584 g/mol. The van der Waals surface area contributed by atoms with Crippen LogP contribution in [0.1, 0.15) is 57.1 Å². The number of carboxylic acids is 2. The normalized spacial score (nSPS) is 29.5. The van der Waals surface area contributed by atoms with E-state index < -0.39 is 78.1 Å². The zero-order valence-corrected chi connectivity index (χ0v) is 24.3.